The number of thiocarbonyl (C=S) groups is 1. The minimum Gasteiger partial charge on any atom is -0.493 e. The van der Waals surface area contributed by atoms with Gasteiger partial charge in [0.05, 0.1) is 19.1 Å². The molecule has 31 heavy (non-hydrogen) atoms. The van der Waals surface area contributed by atoms with Crippen LogP contribution in [0.5, 0.6) is 17.2 Å². The molecule has 1 saturated heterocycles. The first-order valence-corrected chi connectivity index (χ1v) is 9.90. The molecular formula is C20H16F2N2O5S2. The molecule has 2 amide bonds. The minimum absolute atomic E-state index is 0.0879. The highest BCUT2D eigenvalue weighted by Gasteiger charge is 2.33. The van der Waals surface area contributed by atoms with E-state index in [4.69, 9.17) is 21.7 Å². The Morgan fingerprint density at radius 1 is 1.13 bits per heavy atom. The van der Waals surface area contributed by atoms with Crippen molar-refractivity contribution < 1.29 is 32.6 Å². The van der Waals surface area contributed by atoms with Gasteiger partial charge in [-0.3, -0.25) is 15.0 Å². The second-order valence-electron chi connectivity index (χ2n) is 5.98. The number of ether oxygens (including phenoxy) is 3. The molecule has 1 fully saturated rings. The third kappa shape index (κ3) is 5.30. The smallest absolute Gasteiger partial charge is 0.387 e. The maximum absolute atomic E-state index is 12.7. The molecule has 1 N–H and O–H groups in total. The van der Waals surface area contributed by atoms with Gasteiger partial charge in [-0.2, -0.15) is 13.8 Å². The molecule has 0 aliphatic carbocycles. The van der Waals surface area contributed by atoms with Gasteiger partial charge in [0.15, 0.2) is 15.8 Å². The van der Waals surface area contributed by atoms with Crippen LogP contribution in [0.2, 0.25) is 0 Å². The van der Waals surface area contributed by atoms with E-state index in [1.807, 2.05) is 0 Å². The van der Waals surface area contributed by atoms with Gasteiger partial charge in [0.1, 0.15) is 5.75 Å². The SMILES string of the molecule is COc1ccc(C=C2SC(=S)N(NC(=O)c3ccc(OC(F)F)cc3)C2=O)cc1OC. The molecule has 0 aromatic heterocycles. The maximum atomic E-state index is 12.7. The minimum atomic E-state index is -2.97. The van der Waals surface area contributed by atoms with Gasteiger partial charge in [-0.25, -0.2) is 0 Å². The van der Waals surface area contributed by atoms with Crippen molar-refractivity contribution in [3.05, 3.63) is 58.5 Å². The molecule has 162 valence electrons. The number of hydrogen-bond acceptors (Lipinski definition) is 7. The normalized spacial score (nSPS) is 14.9. The molecule has 0 saturated carbocycles. The molecule has 3 rings (SSSR count). The average Bonchev–Trinajstić information content (AvgIpc) is 3.01. The quantitative estimate of drug-likeness (QED) is 0.491. The molecule has 2 aromatic carbocycles. The molecular weight excluding hydrogens is 450 g/mol. The number of rotatable bonds is 7. The lowest BCUT2D eigenvalue weighted by Crippen LogP contribution is -2.44. The maximum Gasteiger partial charge on any atom is 0.387 e. The van der Waals surface area contributed by atoms with E-state index in [2.05, 4.69) is 10.2 Å². The van der Waals surface area contributed by atoms with E-state index in [0.717, 1.165) is 16.8 Å². The summed E-state index contributed by atoms with van der Waals surface area (Å²) in [4.78, 5) is 25.5. The van der Waals surface area contributed by atoms with Crippen molar-refractivity contribution in [1.29, 1.82) is 0 Å². The summed E-state index contributed by atoms with van der Waals surface area (Å²) in [6, 6.07) is 10.2. The van der Waals surface area contributed by atoms with Gasteiger partial charge in [-0.15, -0.1) is 0 Å². The lowest BCUT2D eigenvalue weighted by atomic mass is 10.2. The Bertz CT molecular complexity index is 1040. The summed E-state index contributed by atoms with van der Waals surface area (Å²) < 4.78 is 39.3. The molecule has 1 aliphatic heterocycles. The summed E-state index contributed by atoms with van der Waals surface area (Å²) in [6.07, 6.45) is 1.61. The first-order chi connectivity index (χ1) is 14.8. The highest BCUT2D eigenvalue weighted by Crippen LogP contribution is 2.34. The Hall–Kier alpha value is -3.18. The zero-order valence-corrected chi connectivity index (χ0v) is 17.9. The summed E-state index contributed by atoms with van der Waals surface area (Å²) in [5, 5.41) is 0.957. The zero-order valence-electron chi connectivity index (χ0n) is 16.3. The summed E-state index contributed by atoms with van der Waals surface area (Å²) in [5.74, 6) is -0.179. The van der Waals surface area contributed by atoms with Crippen molar-refractivity contribution in [2.24, 2.45) is 0 Å². The van der Waals surface area contributed by atoms with Crippen LogP contribution in [0.4, 0.5) is 8.78 Å². The third-order valence-corrected chi connectivity index (χ3v) is 5.36. The number of amides is 2. The van der Waals surface area contributed by atoms with Gasteiger partial charge in [-0.1, -0.05) is 17.8 Å². The van der Waals surface area contributed by atoms with E-state index in [-0.39, 0.29) is 15.6 Å². The Labute approximate surface area is 185 Å². The Morgan fingerprint density at radius 2 is 1.81 bits per heavy atom. The van der Waals surface area contributed by atoms with Crippen LogP contribution in [0.1, 0.15) is 15.9 Å². The molecule has 0 atom stereocenters. The standard InChI is InChI=1S/C20H16F2N2O5S2/c1-27-14-8-3-11(9-15(14)28-2)10-16-18(26)24(20(30)31-16)23-17(25)12-4-6-13(7-5-12)29-19(21)22/h3-10,19H,1-2H3,(H,23,25). The van der Waals surface area contributed by atoms with Crippen molar-refractivity contribution in [3.8, 4) is 17.2 Å². The Balaban J connectivity index is 1.73. The van der Waals surface area contributed by atoms with Gasteiger partial charge < -0.3 is 14.2 Å². The van der Waals surface area contributed by atoms with Crippen molar-refractivity contribution in [2.45, 2.75) is 6.61 Å². The largest absolute Gasteiger partial charge is 0.493 e. The fourth-order valence-corrected chi connectivity index (χ4v) is 3.79. The fourth-order valence-electron chi connectivity index (χ4n) is 2.61. The number of carbonyl (C=O) groups excluding carboxylic acids is 2. The molecule has 1 aliphatic rings. The van der Waals surface area contributed by atoms with Crippen LogP contribution in [0.3, 0.4) is 0 Å². The number of halogens is 2. The summed E-state index contributed by atoms with van der Waals surface area (Å²) >= 11 is 6.23. The van der Waals surface area contributed by atoms with Gasteiger partial charge in [0, 0.05) is 5.56 Å². The molecule has 1 heterocycles. The highest BCUT2D eigenvalue weighted by atomic mass is 32.2. The topological polar surface area (TPSA) is 77.1 Å². The number of nitrogens with one attached hydrogen (secondary N) is 1. The van der Waals surface area contributed by atoms with Crippen molar-refractivity contribution >= 4 is 46.2 Å². The molecule has 0 unspecified atom stereocenters. The lowest BCUT2D eigenvalue weighted by Gasteiger charge is -2.15. The number of hydrazine groups is 1. The van der Waals surface area contributed by atoms with Crippen LogP contribution >= 0.6 is 24.0 Å². The summed E-state index contributed by atoms with van der Waals surface area (Å²) in [5.41, 5.74) is 3.24. The van der Waals surface area contributed by atoms with E-state index in [9.17, 15) is 18.4 Å². The Morgan fingerprint density at radius 3 is 2.42 bits per heavy atom. The van der Waals surface area contributed by atoms with Crippen molar-refractivity contribution in [2.75, 3.05) is 14.2 Å². The lowest BCUT2D eigenvalue weighted by molar-refractivity contribution is -0.123. The number of nitrogens with zero attached hydrogens (tertiary/aromatic N) is 1. The number of methoxy groups -OCH3 is 2. The second-order valence-corrected chi connectivity index (χ2v) is 7.65. The predicted octanol–water partition coefficient (Wildman–Crippen LogP) is 3.85. The summed E-state index contributed by atoms with van der Waals surface area (Å²) in [6.45, 7) is -2.97. The predicted molar refractivity (Wildman–Crippen MR) is 115 cm³/mol. The third-order valence-electron chi connectivity index (χ3n) is 4.05. The van der Waals surface area contributed by atoms with Crippen molar-refractivity contribution in [3.63, 3.8) is 0 Å². The van der Waals surface area contributed by atoms with Gasteiger partial charge in [-0.05, 0) is 60.3 Å². The highest BCUT2D eigenvalue weighted by molar-refractivity contribution is 8.26. The number of thioether (sulfide) groups is 1. The number of alkyl halides is 2. The second kappa shape index (κ2) is 9.75. The number of carbonyl (C=O) groups is 2. The average molecular weight is 466 g/mol. The van der Waals surface area contributed by atoms with E-state index in [1.165, 1.54) is 38.5 Å². The molecule has 0 spiro atoms. The van der Waals surface area contributed by atoms with Gasteiger partial charge in [0.25, 0.3) is 11.8 Å². The van der Waals surface area contributed by atoms with Crippen LogP contribution < -0.4 is 19.6 Å². The van der Waals surface area contributed by atoms with E-state index in [0.29, 0.717) is 22.0 Å². The molecule has 7 nitrogen and oxygen atoms in total. The zero-order chi connectivity index (χ0) is 22.5. The van der Waals surface area contributed by atoms with Gasteiger partial charge >= 0.3 is 6.61 Å². The summed E-state index contributed by atoms with van der Waals surface area (Å²) in [7, 11) is 3.02. The van der Waals surface area contributed by atoms with Crippen LogP contribution in [0, 0.1) is 0 Å². The molecule has 11 heteroatoms. The van der Waals surface area contributed by atoms with Crippen molar-refractivity contribution in [1.82, 2.24) is 10.4 Å². The van der Waals surface area contributed by atoms with Crippen LogP contribution in [0.15, 0.2) is 47.4 Å². The molecule has 2 aromatic rings. The Kier molecular flexibility index (Phi) is 7.08. The first-order valence-electron chi connectivity index (χ1n) is 8.68. The monoisotopic (exact) mass is 466 g/mol. The number of hydrogen-bond donors (Lipinski definition) is 1. The fraction of sp³-hybridized carbons (Fsp3) is 0.150. The van der Waals surface area contributed by atoms with Crippen LogP contribution in [-0.4, -0.2) is 42.0 Å². The first kappa shape index (κ1) is 22.5. The molecule has 0 radical (unpaired) electrons. The van der Waals surface area contributed by atoms with Crippen LogP contribution in [0.25, 0.3) is 6.08 Å². The van der Waals surface area contributed by atoms with E-state index < -0.39 is 18.4 Å². The van der Waals surface area contributed by atoms with Crippen LogP contribution in [-0.2, 0) is 4.79 Å². The van der Waals surface area contributed by atoms with E-state index in [1.54, 1.807) is 24.3 Å². The van der Waals surface area contributed by atoms with E-state index >= 15 is 0 Å². The molecule has 0 bridgehead atoms. The van der Waals surface area contributed by atoms with Gasteiger partial charge in [0.2, 0.25) is 0 Å². The number of benzene rings is 2.